The molecule has 0 aliphatic heterocycles. The fraction of sp³-hybridized carbons (Fsp3) is 0. The van der Waals surface area contributed by atoms with E-state index in [9.17, 15) is 0 Å². The van der Waals surface area contributed by atoms with Crippen molar-refractivity contribution in [3.8, 4) is 55.6 Å². The van der Waals surface area contributed by atoms with Gasteiger partial charge >= 0.3 is 0 Å². The highest BCUT2D eigenvalue weighted by Crippen LogP contribution is 2.53. The van der Waals surface area contributed by atoms with E-state index in [2.05, 4.69) is 152 Å². The number of hydrogen-bond donors (Lipinski definition) is 1. The average molecular weight is 474 g/mol. The highest BCUT2D eigenvalue weighted by Gasteiger charge is 2.26. The standard InChI is InChI=1S/C36H27N/c37-36-34(29-22-12-4-13-23-29)32(27-18-8-2-9-19-27)31(26-16-6-1-7-17-26)33(28-20-10-3-11-21-28)35(36)30-24-14-5-15-25-30/h1-25H,37H2. The first kappa shape index (κ1) is 22.6. The average Bonchev–Trinajstić information content (AvgIpc) is 2.98. The lowest BCUT2D eigenvalue weighted by Crippen LogP contribution is -2.03. The van der Waals surface area contributed by atoms with Gasteiger partial charge in [-0.1, -0.05) is 152 Å². The summed E-state index contributed by atoms with van der Waals surface area (Å²) in [5.74, 6) is 0. The molecular formula is C36H27N. The summed E-state index contributed by atoms with van der Waals surface area (Å²) in [7, 11) is 0. The Balaban J connectivity index is 1.89. The van der Waals surface area contributed by atoms with Crippen molar-refractivity contribution in [3.05, 3.63) is 152 Å². The van der Waals surface area contributed by atoms with Crippen molar-refractivity contribution in [1.82, 2.24) is 0 Å². The highest BCUT2D eigenvalue weighted by atomic mass is 14.6. The van der Waals surface area contributed by atoms with Crippen LogP contribution in [-0.2, 0) is 0 Å². The first-order chi connectivity index (χ1) is 18.3. The second-order valence-electron chi connectivity index (χ2n) is 9.12. The summed E-state index contributed by atoms with van der Waals surface area (Å²) < 4.78 is 0. The first-order valence-corrected chi connectivity index (χ1v) is 12.6. The van der Waals surface area contributed by atoms with Crippen LogP contribution >= 0.6 is 0 Å². The molecule has 1 heteroatoms. The summed E-state index contributed by atoms with van der Waals surface area (Å²) >= 11 is 0. The summed E-state index contributed by atoms with van der Waals surface area (Å²) in [6.07, 6.45) is 0. The van der Waals surface area contributed by atoms with Crippen LogP contribution in [-0.4, -0.2) is 0 Å². The summed E-state index contributed by atoms with van der Waals surface area (Å²) in [5, 5.41) is 0. The quantitative estimate of drug-likeness (QED) is 0.248. The van der Waals surface area contributed by atoms with Crippen molar-refractivity contribution in [1.29, 1.82) is 0 Å². The van der Waals surface area contributed by atoms with Crippen molar-refractivity contribution >= 4 is 5.69 Å². The molecule has 0 saturated heterocycles. The van der Waals surface area contributed by atoms with Crippen molar-refractivity contribution < 1.29 is 0 Å². The first-order valence-electron chi connectivity index (χ1n) is 12.6. The Hall–Kier alpha value is -4.88. The number of nitrogens with two attached hydrogens (primary N) is 1. The topological polar surface area (TPSA) is 26.0 Å². The molecule has 0 aromatic heterocycles. The number of anilines is 1. The van der Waals surface area contributed by atoms with Crippen molar-refractivity contribution in [2.24, 2.45) is 0 Å². The smallest absolute Gasteiger partial charge is 0.0486 e. The predicted octanol–water partition coefficient (Wildman–Crippen LogP) is 9.60. The van der Waals surface area contributed by atoms with Crippen LogP contribution in [0.2, 0.25) is 0 Å². The van der Waals surface area contributed by atoms with Gasteiger partial charge in [0.1, 0.15) is 0 Å². The van der Waals surface area contributed by atoms with E-state index < -0.39 is 0 Å². The zero-order valence-electron chi connectivity index (χ0n) is 20.5. The zero-order chi connectivity index (χ0) is 25.0. The summed E-state index contributed by atoms with van der Waals surface area (Å²) in [4.78, 5) is 0. The van der Waals surface area contributed by atoms with Crippen LogP contribution in [0.25, 0.3) is 55.6 Å². The van der Waals surface area contributed by atoms with Gasteiger partial charge in [0.2, 0.25) is 0 Å². The number of benzene rings is 6. The Bertz CT molecular complexity index is 1520. The predicted molar refractivity (Wildman–Crippen MR) is 158 cm³/mol. The Morgan fingerprint density at radius 3 is 0.676 bits per heavy atom. The van der Waals surface area contributed by atoms with E-state index in [1.54, 1.807) is 0 Å². The van der Waals surface area contributed by atoms with E-state index in [1.807, 2.05) is 0 Å². The Kier molecular flexibility index (Phi) is 6.10. The lowest BCUT2D eigenvalue weighted by atomic mass is 9.77. The molecule has 0 aliphatic rings. The minimum Gasteiger partial charge on any atom is -0.398 e. The van der Waals surface area contributed by atoms with Gasteiger partial charge in [-0.25, -0.2) is 0 Å². The molecular weight excluding hydrogens is 446 g/mol. The molecule has 0 unspecified atom stereocenters. The summed E-state index contributed by atoms with van der Waals surface area (Å²) in [5.41, 5.74) is 19.3. The maximum Gasteiger partial charge on any atom is 0.0486 e. The van der Waals surface area contributed by atoms with Gasteiger partial charge in [0.05, 0.1) is 0 Å². The molecule has 0 saturated carbocycles. The lowest BCUT2D eigenvalue weighted by Gasteiger charge is -2.26. The molecule has 0 amide bonds. The van der Waals surface area contributed by atoms with Crippen molar-refractivity contribution in [2.45, 2.75) is 0 Å². The third-order valence-corrected chi connectivity index (χ3v) is 6.85. The van der Waals surface area contributed by atoms with E-state index in [0.29, 0.717) is 0 Å². The van der Waals surface area contributed by atoms with Crippen LogP contribution in [0.4, 0.5) is 5.69 Å². The summed E-state index contributed by atoms with van der Waals surface area (Å²) in [6.45, 7) is 0. The number of hydrogen-bond acceptors (Lipinski definition) is 1. The van der Waals surface area contributed by atoms with Crippen molar-refractivity contribution in [3.63, 3.8) is 0 Å². The van der Waals surface area contributed by atoms with Crippen LogP contribution in [0.3, 0.4) is 0 Å². The van der Waals surface area contributed by atoms with E-state index in [-0.39, 0.29) is 0 Å². The minimum absolute atomic E-state index is 0.787. The number of nitrogen functional groups attached to an aromatic ring is 1. The highest BCUT2D eigenvalue weighted by molar-refractivity contribution is 6.13. The molecule has 0 heterocycles. The maximum atomic E-state index is 7.27. The molecule has 0 radical (unpaired) electrons. The van der Waals surface area contributed by atoms with Crippen LogP contribution in [0.5, 0.6) is 0 Å². The molecule has 176 valence electrons. The van der Waals surface area contributed by atoms with Gasteiger partial charge in [0, 0.05) is 27.9 Å². The van der Waals surface area contributed by atoms with Crippen LogP contribution < -0.4 is 5.73 Å². The third-order valence-electron chi connectivity index (χ3n) is 6.85. The zero-order valence-corrected chi connectivity index (χ0v) is 20.5. The van der Waals surface area contributed by atoms with Gasteiger partial charge in [-0.05, 0) is 33.4 Å². The van der Waals surface area contributed by atoms with Crippen LogP contribution in [0.15, 0.2) is 152 Å². The van der Waals surface area contributed by atoms with E-state index in [0.717, 1.165) is 55.8 Å². The Labute approximate surface area is 218 Å². The van der Waals surface area contributed by atoms with Gasteiger partial charge in [0.25, 0.3) is 0 Å². The van der Waals surface area contributed by atoms with Gasteiger partial charge in [0.15, 0.2) is 0 Å². The van der Waals surface area contributed by atoms with E-state index in [1.165, 1.54) is 5.56 Å². The number of rotatable bonds is 5. The SMILES string of the molecule is Nc1c(-c2ccccc2)c(-c2ccccc2)c(-c2ccccc2)c(-c2ccccc2)c1-c1ccccc1. The minimum atomic E-state index is 0.787. The maximum absolute atomic E-state index is 7.27. The van der Waals surface area contributed by atoms with Crippen LogP contribution in [0.1, 0.15) is 0 Å². The molecule has 1 nitrogen and oxygen atoms in total. The second kappa shape index (κ2) is 10.0. The van der Waals surface area contributed by atoms with Gasteiger partial charge < -0.3 is 5.73 Å². The molecule has 2 N–H and O–H groups in total. The van der Waals surface area contributed by atoms with Gasteiger partial charge in [-0.3, -0.25) is 0 Å². The fourth-order valence-electron chi connectivity index (χ4n) is 5.26. The Morgan fingerprint density at radius 1 is 0.243 bits per heavy atom. The fourth-order valence-corrected chi connectivity index (χ4v) is 5.26. The third kappa shape index (κ3) is 4.22. The molecule has 37 heavy (non-hydrogen) atoms. The van der Waals surface area contributed by atoms with Crippen molar-refractivity contribution in [2.75, 3.05) is 5.73 Å². The normalized spacial score (nSPS) is 10.8. The molecule has 6 aromatic carbocycles. The van der Waals surface area contributed by atoms with E-state index >= 15 is 0 Å². The molecule has 0 aliphatic carbocycles. The molecule has 6 aromatic rings. The lowest BCUT2D eigenvalue weighted by molar-refractivity contribution is 1.52. The summed E-state index contributed by atoms with van der Waals surface area (Å²) in [6, 6.07) is 53.0. The van der Waals surface area contributed by atoms with Gasteiger partial charge in [-0.2, -0.15) is 0 Å². The Morgan fingerprint density at radius 2 is 0.432 bits per heavy atom. The van der Waals surface area contributed by atoms with Gasteiger partial charge in [-0.15, -0.1) is 0 Å². The van der Waals surface area contributed by atoms with E-state index in [4.69, 9.17) is 5.73 Å². The van der Waals surface area contributed by atoms with Crippen LogP contribution in [0, 0.1) is 0 Å². The molecule has 0 atom stereocenters. The largest absolute Gasteiger partial charge is 0.398 e. The molecule has 0 bridgehead atoms. The monoisotopic (exact) mass is 473 g/mol. The molecule has 0 spiro atoms. The molecule has 0 fully saturated rings. The molecule has 6 rings (SSSR count). The second-order valence-corrected chi connectivity index (χ2v) is 9.12.